The number of urea groups is 1. The molecule has 0 radical (unpaired) electrons. The quantitative estimate of drug-likeness (QED) is 0.722. The summed E-state index contributed by atoms with van der Waals surface area (Å²) in [5, 5.41) is 8.50. The van der Waals surface area contributed by atoms with Gasteiger partial charge in [0.15, 0.2) is 0 Å². The molecule has 0 bridgehead atoms. The van der Waals surface area contributed by atoms with Crippen LogP contribution in [-0.4, -0.2) is 37.7 Å². The van der Waals surface area contributed by atoms with Crippen molar-refractivity contribution in [2.24, 2.45) is 0 Å². The van der Waals surface area contributed by atoms with Crippen molar-refractivity contribution in [3.63, 3.8) is 0 Å². The van der Waals surface area contributed by atoms with Crippen LogP contribution in [0.4, 0.5) is 10.5 Å². The van der Waals surface area contributed by atoms with Crippen LogP contribution in [0.5, 0.6) is 0 Å². The Morgan fingerprint density at radius 1 is 1.27 bits per heavy atom. The maximum absolute atomic E-state index is 11.9. The number of carbonyl (C=O) groups is 2. The molecule has 0 unspecified atom stereocenters. The summed E-state index contributed by atoms with van der Waals surface area (Å²) in [5.41, 5.74) is 1.26. The number of amides is 3. The fraction of sp³-hybridized carbons (Fsp3) is 0.500. The standard InChI is InChI=1S/C16H23N3O3/c1-11(9-10-22-2)17-16(21)19-14-5-3-12(4-6-14)15(20)18-13-7-8-13/h3-6,11,13H,7-10H2,1-2H3,(H,18,20)(H2,17,19,21)/t11-/m0/s1. The minimum absolute atomic E-state index is 0.0311. The molecule has 6 heteroatoms. The molecule has 1 aliphatic rings. The van der Waals surface area contributed by atoms with Gasteiger partial charge in [0.1, 0.15) is 0 Å². The third-order valence-corrected chi connectivity index (χ3v) is 3.45. The highest BCUT2D eigenvalue weighted by atomic mass is 16.5. The van der Waals surface area contributed by atoms with Crippen molar-refractivity contribution in [2.45, 2.75) is 38.3 Å². The molecular formula is C16H23N3O3. The van der Waals surface area contributed by atoms with E-state index in [1.54, 1.807) is 31.4 Å². The first-order chi connectivity index (χ1) is 10.6. The maximum atomic E-state index is 11.9. The van der Waals surface area contributed by atoms with Crippen molar-refractivity contribution in [1.82, 2.24) is 10.6 Å². The predicted molar refractivity (Wildman–Crippen MR) is 85.0 cm³/mol. The number of rotatable bonds is 7. The molecule has 1 fully saturated rings. The van der Waals surface area contributed by atoms with E-state index in [1.165, 1.54) is 0 Å². The molecule has 0 aromatic heterocycles. The molecule has 0 aliphatic heterocycles. The Morgan fingerprint density at radius 2 is 1.95 bits per heavy atom. The Morgan fingerprint density at radius 3 is 2.55 bits per heavy atom. The van der Waals surface area contributed by atoms with Gasteiger partial charge in [0.2, 0.25) is 0 Å². The van der Waals surface area contributed by atoms with E-state index < -0.39 is 0 Å². The van der Waals surface area contributed by atoms with Gasteiger partial charge in [-0.3, -0.25) is 4.79 Å². The van der Waals surface area contributed by atoms with Gasteiger partial charge >= 0.3 is 6.03 Å². The predicted octanol–water partition coefficient (Wildman–Crippen LogP) is 2.13. The van der Waals surface area contributed by atoms with Crippen LogP contribution in [0.2, 0.25) is 0 Å². The van der Waals surface area contributed by atoms with Crippen LogP contribution in [0.3, 0.4) is 0 Å². The second-order valence-electron chi connectivity index (χ2n) is 5.61. The number of carbonyl (C=O) groups excluding carboxylic acids is 2. The molecule has 0 heterocycles. The molecule has 2 rings (SSSR count). The average Bonchev–Trinajstić information content (AvgIpc) is 3.29. The Labute approximate surface area is 130 Å². The topological polar surface area (TPSA) is 79.5 Å². The van der Waals surface area contributed by atoms with Gasteiger partial charge in [-0.05, 0) is 50.5 Å². The Bertz CT molecular complexity index is 512. The molecule has 0 saturated heterocycles. The smallest absolute Gasteiger partial charge is 0.319 e. The van der Waals surface area contributed by atoms with Gasteiger partial charge in [-0.2, -0.15) is 0 Å². The van der Waals surface area contributed by atoms with Gasteiger partial charge in [-0.25, -0.2) is 4.79 Å². The van der Waals surface area contributed by atoms with Gasteiger partial charge in [0, 0.05) is 37.1 Å². The van der Waals surface area contributed by atoms with Crippen molar-refractivity contribution in [3.8, 4) is 0 Å². The zero-order valence-electron chi connectivity index (χ0n) is 13.0. The normalized spacial score (nSPS) is 15.0. The number of nitrogens with one attached hydrogen (secondary N) is 3. The van der Waals surface area contributed by atoms with Crippen LogP contribution >= 0.6 is 0 Å². The lowest BCUT2D eigenvalue weighted by Gasteiger charge is -2.14. The number of hydrogen-bond donors (Lipinski definition) is 3. The summed E-state index contributed by atoms with van der Waals surface area (Å²) in [5.74, 6) is -0.0633. The lowest BCUT2D eigenvalue weighted by molar-refractivity contribution is 0.0951. The average molecular weight is 305 g/mol. The van der Waals surface area contributed by atoms with Crippen molar-refractivity contribution in [3.05, 3.63) is 29.8 Å². The summed E-state index contributed by atoms with van der Waals surface area (Å²) in [6.45, 7) is 2.52. The number of anilines is 1. The van der Waals surface area contributed by atoms with E-state index in [1.807, 2.05) is 6.92 Å². The molecule has 3 N–H and O–H groups in total. The zero-order chi connectivity index (χ0) is 15.9. The first-order valence-corrected chi connectivity index (χ1v) is 7.56. The highest BCUT2D eigenvalue weighted by Gasteiger charge is 2.23. The highest BCUT2D eigenvalue weighted by Crippen LogP contribution is 2.19. The van der Waals surface area contributed by atoms with Crippen LogP contribution in [0.25, 0.3) is 0 Å². The van der Waals surface area contributed by atoms with Gasteiger partial charge in [-0.1, -0.05) is 0 Å². The van der Waals surface area contributed by atoms with Crippen LogP contribution in [0.1, 0.15) is 36.5 Å². The van der Waals surface area contributed by atoms with Crippen LogP contribution in [0.15, 0.2) is 24.3 Å². The molecule has 1 atom stereocenters. The molecule has 3 amide bonds. The minimum atomic E-state index is -0.265. The van der Waals surface area contributed by atoms with Gasteiger partial charge in [0.05, 0.1) is 0 Å². The van der Waals surface area contributed by atoms with Gasteiger partial charge < -0.3 is 20.7 Å². The van der Waals surface area contributed by atoms with Crippen molar-refractivity contribution >= 4 is 17.6 Å². The number of ether oxygens (including phenoxy) is 1. The van der Waals surface area contributed by atoms with E-state index in [2.05, 4.69) is 16.0 Å². The van der Waals surface area contributed by atoms with Gasteiger partial charge in [-0.15, -0.1) is 0 Å². The Hall–Kier alpha value is -2.08. The van der Waals surface area contributed by atoms with Crippen LogP contribution < -0.4 is 16.0 Å². The molecule has 6 nitrogen and oxygen atoms in total. The SMILES string of the molecule is COCC[C@H](C)NC(=O)Nc1ccc(C(=O)NC2CC2)cc1. The summed E-state index contributed by atoms with van der Waals surface area (Å²) < 4.78 is 4.97. The molecule has 1 saturated carbocycles. The molecule has 1 aromatic carbocycles. The van der Waals surface area contributed by atoms with E-state index >= 15 is 0 Å². The van der Waals surface area contributed by atoms with E-state index in [0.29, 0.717) is 23.9 Å². The third kappa shape index (κ3) is 5.37. The molecule has 120 valence electrons. The first-order valence-electron chi connectivity index (χ1n) is 7.56. The maximum Gasteiger partial charge on any atom is 0.319 e. The lowest BCUT2D eigenvalue weighted by atomic mass is 10.2. The number of methoxy groups -OCH3 is 1. The molecule has 1 aliphatic carbocycles. The van der Waals surface area contributed by atoms with E-state index in [4.69, 9.17) is 4.74 Å². The second kappa shape index (κ2) is 7.79. The third-order valence-electron chi connectivity index (χ3n) is 3.45. The van der Waals surface area contributed by atoms with Crippen LogP contribution in [0, 0.1) is 0 Å². The summed E-state index contributed by atoms with van der Waals surface area (Å²) in [6, 6.07) is 6.97. The highest BCUT2D eigenvalue weighted by molar-refractivity contribution is 5.95. The van der Waals surface area contributed by atoms with Crippen LogP contribution in [-0.2, 0) is 4.74 Å². The fourth-order valence-electron chi connectivity index (χ4n) is 1.96. The van der Waals surface area contributed by atoms with E-state index in [9.17, 15) is 9.59 Å². The monoisotopic (exact) mass is 305 g/mol. The van der Waals surface area contributed by atoms with E-state index in [0.717, 1.165) is 19.3 Å². The second-order valence-corrected chi connectivity index (χ2v) is 5.61. The lowest BCUT2D eigenvalue weighted by Crippen LogP contribution is -2.36. The van der Waals surface area contributed by atoms with Crippen molar-refractivity contribution < 1.29 is 14.3 Å². The number of hydrogen-bond acceptors (Lipinski definition) is 3. The summed E-state index contributed by atoms with van der Waals surface area (Å²) >= 11 is 0. The molecular weight excluding hydrogens is 282 g/mol. The minimum Gasteiger partial charge on any atom is -0.385 e. The summed E-state index contributed by atoms with van der Waals surface area (Å²) in [4.78, 5) is 23.7. The first kappa shape index (κ1) is 16.3. The molecule has 22 heavy (non-hydrogen) atoms. The van der Waals surface area contributed by atoms with Crippen molar-refractivity contribution in [2.75, 3.05) is 19.0 Å². The summed E-state index contributed by atoms with van der Waals surface area (Å²) in [6.07, 6.45) is 2.88. The zero-order valence-corrected chi connectivity index (χ0v) is 13.0. The van der Waals surface area contributed by atoms with Gasteiger partial charge in [0.25, 0.3) is 5.91 Å². The largest absolute Gasteiger partial charge is 0.385 e. The Balaban J connectivity index is 1.79. The molecule has 0 spiro atoms. The molecule has 1 aromatic rings. The van der Waals surface area contributed by atoms with Crippen molar-refractivity contribution in [1.29, 1.82) is 0 Å². The Kier molecular flexibility index (Phi) is 5.77. The number of benzene rings is 1. The fourth-order valence-corrected chi connectivity index (χ4v) is 1.96. The summed E-state index contributed by atoms with van der Waals surface area (Å²) in [7, 11) is 1.63. The van der Waals surface area contributed by atoms with E-state index in [-0.39, 0.29) is 18.0 Å².